The van der Waals surface area contributed by atoms with Gasteiger partial charge < -0.3 is 4.90 Å². The van der Waals surface area contributed by atoms with Gasteiger partial charge in [0.1, 0.15) is 5.03 Å². The highest BCUT2D eigenvalue weighted by molar-refractivity contribution is 9.10. The number of thiophene rings is 1. The van der Waals surface area contributed by atoms with E-state index in [0.717, 1.165) is 42.2 Å². The number of hydrogen-bond donors (Lipinski definition) is 0. The highest BCUT2D eigenvalue weighted by atomic mass is 79.9. The van der Waals surface area contributed by atoms with Gasteiger partial charge >= 0.3 is 0 Å². The first-order chi connectivity index (χ1) is 11.2. The standard InChI is InChI=1S/C16H18BrN3OS2/c17-14-2-1-4-18-16(14)23-12-15(21)20-7-5-19(6-8-20)10-13-3-9-22-11-13/h1-4,9,11H,5-8,10,12H2. The second-order valence-electron chi connectivity index (χ2n) is 5.37. The minimum atomic E-state index is 0.197. The summed E-state index contributed by atoms with van der Waals surface area (Å²) in [4.78, 5) is 21.0. The van der Waals surface area contributed by atoms with Crippen LogP contribution in [-0.4, -0.2) is 52.6 Å². The van der Waals surface area contributed by atoms with Crippen LogP contribution >= 0.6 is 39.0 Å². The average molecular weight is 412 g/mol. The minimum Gasteiger partial charge on any atom is -0.339 e. The van der Waals surface area contributed by atoms with Gasteiger partial charge in [-0.25, -0.2) is 4.98 Å². The smallest absolute Gasteiger partial charge is 0.233 e. The number of nitrogens with zero attached hydrogens (tertiary/aromatic N) is 3. The van der Waals surface area contributed by atoms with E-state index in [-0.39, 0.29) is 5.91 Å². The fourth-order valence-electron chi connectivity index (χ4n) is 2.49. The molecule has 2 aromatic heterocycles. The summed E-state index contributed by atoms with van der Waals surface area (Å²) in [5.41, 5.74) is 1.37. The Labute approximate surface area is 153 Å². The average Bonchev–Trinajstić information content (AvgIpc) is 3.07. The quantitative estimate of drug-likeness (QED) is 0.706. The summed E-state index contributed by atoms with van der Waals surface area (Å²) >= 11 is 6.69. The van der Waals surface area contributed by atoms with Crippen molar-refractivity contribution in [2.24, 2.45) is 0 Å². The lowest BCUT2D eigenvalue weighted by atomic mass is 10.2. The molecule has 0 aliphatic carbocycles. The number of amides is 1. The van der Waals surface area contributed by atoms with Crippen LogP contribution in [0.15, 0.2) is 44.7 Å². The maximum Gasteiger partial charge on any atom is 0.233 e. The number of thioether (sulfide) groups is 1. The number of halogens is 1. The Bertz CT molecular complexity index is 643. The molecule has 2 aromatic rings. The summed E-state index contributed by atoms with van der Waals surface area (Å²) in [5.74, 6) is 0.642. The lowest BCUT2D eigenvalue weighted by Crippen LogP contribution is -2.48. The van der Waals surface area contributed by atoms with Gasteiger partial charge in [-0.3, -0.25) is 9.69 Å². The van der Waals surface area contributed by atoms with Crippen LogP contribution < -0.4 is 0 Å². The molecule has 1 fully saturated rings. The Morgan fingerprint density at radius 2 is 2.13 bits per heavy atom. The molecule has 3 rings (SSSR count). The first kappa shape index (κ1) is 17.0. The molecule has 0 radical (unpaired) electrons. The predicted octanol–water partition coefficient (Wildman–Crippen LogP) is 3.34. The second kappa shape index (κ2) is 8.28. The van der Waals surface area contributed by atoms with Crippen molar-refractivity contribution in [3.63, 3.8) is 0 Å². The molecule has 0 atom stereocenters. The van der Waals surface area contributed by atoms with Gasteiger partial charge in [-0.15, -0.1) is 0 Å². The molecule has 1 amide bonds. The summed E-state index contributed by atoms with van der Waals surface area (Å²) in [6.07, 6.45) is 1.75. The molecule has 7 heteroatoms. The van der Waals surface area contributed by atoms with Crippen LogP contribution in [0.25, 0.3) is 0 Å². The van der Waals surface area contributed by atoms with Crippen molar-refractivity contribution >= 4 is 44.9 Å². The first-order valence-electron chi connectivity index (χ1n) is 7.47. The predicted molar refractivity (Wildman–Crippen MR) is 98.8 cm³/mol. The summed E-state index contributed by atoms with van der Waals surface area (Å²) in [6.45, 7) is 4.50. The van der Waals surface area contributed by atoms with E-state index in [4.69, 9.17) is 0 Å². The molecule has 0 bridgehead atoms. The normalized spacial score (nSPS) is 15.8. The van der Waals surface area contributed by atoms with Gasteiger partial charge in [0.05, 0.1) is 5.75 Å². The fraction of sp³-hybridized carbons (Fsp3) is 0.375. The molecule has 0 spiro atoms. The van der Waals surface area contributed by atoms with Crippen molar-refractivity contribution in [3.8, 4) is 0 Å². The number of aromatic nitrogens is 1. The Morgan fingerprint density at radius 1 is 1.30 bits per heavy atom. The highest BCUT2D eigenvalue weighted by Crippen LogP contribution is 2.24. The fourth-order valence-corrected chi connectivity index (χ4v) is 4.54. The Morgan fingerprint density at radius 3 is 2.83 bits per heavy atom. The zero-order valence-electron chi connectivity index (χ0n) is 12.7. The zero-order valence-corrected chi connectivity index (χ0v) is 15.9. The number of hydrogen-bond acceptors (Lipinski definition) is 5. The van der Waals surface area contributed by atoms with Crippen LogP contribution in [0.4, 0.5) is 0 Å². The molecule has 0 aromatic carbocycles. The molecule has 1 aliphatic heterocycles. The second-order valence-corrected chi connectivity index (χ2v) is 7.97. The number of carbonyl (C=O) groups excluding carboxylic acids is 1. The molecule has 122 valence electrons. The Kier molecular flexibility index (Phi) is 6.10. The van der Waals surface area contributed by atoms with Crippen LogP contribution in [-0.2, 0) is 11.3 Å². The van der Waals surface area contributed by atoms with Crippen molar-refractivity contribution in [2.45, 2.75) is 11.6 Å². The molecule has 3 heterocycles. The van der Waals surface area contributed by atoms with Crippen LogP contribution in [0, 0.1) is 0 Å². The van der Waals surface area contributed by atoms with E-state index in [1.807, 2.05) is 17.0 Å². The third kappa shape index (κ3) is 4.79. The number of pyridine rings is 1. The summed E-state index contributed by atoms with van der Waals surface area (Å²) in [5, 5.41) is 5.18. The minimum absolute atomic E-state index is 0.197. The molecule has 1 saturated heterocycles. The Balaban J connectivity index is 1.44. The molecule has 4 nitrogen and oxygen atoms in total. The summed E-state index contributed by atoms with van der Waals surface area (Å²) in [7, 11) is 0. The van der Waals surface area contributed by atoms with Crippen molar-refractivity contribution in [1.29, 1.82) is 0 Å². The number of rotatable bonds is 5. The maximum absolute atomic E-state index is 12.4. The first-order valence-corrected chi connectivity index (χ1v) is 10.2. The summed E-state index contributed by atoms with van der Waals surface area (Å²) in [6, 6.07) is 6.00. The SMILES string of the molecule is O=C(CSc1ncccc1Br)N1CCN(Cc2ccsc2)CC1. The highest BCUT2D eigenvalue weighted by Gasteiger charge is 2.21. The van der Waals surface area contributed by atoms with Crippen molar-refractivity contribution in [2.75, 3.05) is 31.9 Å². The molecule has 0 N–H and O–H groups in total. The monoisotopic (exact) mass is 411 g/mol. The molecule has 23 heavy (non-hydrogen) atoms. The van der Waals surface area contributed by atoms with Gasteiger partial charge in [0.2, 0.25) is 5.91 Å². The van der Waals surface area contributed by atoms with E-state index < -0.39 is 0 Å². The van der Waals surface area contributed by atoms with Gasteiger partial charge in [-0.2, -0.15) is 11.3 Å². The molecule has 0 saturated carbocycles. The number of carbonyl (C=O) groups is 1. The third-order valence-electron chi connectivity index (χ3n) is 3.77. The Hall–Kier alpha value is -0.890. The largest absolute Gasteiger partial charge is 0.339 e. The van der Waals surface area contributed by atoms with Gasteiger partial charge in [0, 0.05) is 43.4 Å². The molecular weight excluding hydrogens is 394 g/mol. The van der Waals surface area contributed by atoms with E-state index in [1.165, 1.54) is 17.3 Å². The van der Waals surface area contributed by atoms with E-state index in [2.05, 4.69) is 42.6 Å². The van der Waals surface area contributed by atoms with E-state index >= 15 is 0 Å². The van der Waals surface area contributed by atoms with Crippen LogP contribution in [0.2, 0.25) is 0 Å². The van der Waals surface area contributed by atoms with Crippen molar-refractivity contribution in [1.82, 2.24) is 14.8 Å². The van der Waals surface area contributed by atoms with Crippen LogP contribution in [0.5, 0.6) is 0 Å². The topological polar surface area (TPSA) is 36.4 Å². The van der Waals surface area contributed by atoms with E-state index in [0.29, 0.717) is 5.75 Å². The molecule has 1 aliphatic rings. The van der Waals surface area contributed by atoms with Crippen molar-refractivity contribution < 1.29 is 4.79 Å². The lowest BCUT2D eigenvalue weighted by molar-refractivity contribution is -0.130. The lowest BCUT2D eigenvalue weighted by Gasteiger charge is -2.34. The van der Waals surface area contributed by atoms with Crippen LogP contribution in [0.1, 0.15) is 5.56 Å². The van der Waals surface area contributed by atoms with E-state index in [1.54, 1.807) is 17.5 Å². The molecule has 0 unspecified atom stereocenters. The van der Waals surface area contributed by atoms with E-state index in [9.17, 15) is 4.79 Å². The summed E-state index contributed by atoms with van der Waals surface area (Å²) < 4.78 is 0.943. The third-order valence-corrected chi connectivity index (χ3v) is 6.39. The number of piperazine rings is 1. The van der Waals surface area contributed by atoms with Gasteiger partial charge in [0.15, 0.2) is 0 Å². The zero-order chi connectivity index (χ0) is 16.1. The van der Waals surface area contributed by atoms with Gasteiger partial charge in [0.25, 0.3) is 0 Å². The van der Waals surface area contributed by atoms with Crippen LogP contribution in [0.3, 0.4) is 0 Å². The van der Waals surface area contributed by atoms with Crippen molar-refractivity contribution in [3.05, 3.63) is 45.2 Å². The van der Waals surface area contributed by atoms with Gasteiger partial charge in [-0.05, 0) is 50.5 Å². The van der Waals surface area contributed by atoms with Gasteiger partial charge in [-0.1, -0.05) is 11.8 Å². The molecular formula is C16H18BrN3OS2. The maximum atomic E-state index is 12.4.